The molecule has 1 aliphatic carbocycles. The third kappa shape index (κ3) is 5.40. The van der Waals surface area contributed by atoms with Crippen molar-refractivity contribution in [3.8, 4) is 0 Å². The summed E-state index contributed by atoms with van der Waals surface area (Å²) in [4.78, 5) is 0. The lowest BCUT2D eigenvalue weighted by Crippen LogP contribution is -2.41. The van der Waals surface area contributed by atoms with Gasteiger partial charge in [0.1, 0.15) is 0 Å². The van der Waals surface area contributed by atoms with Crippen LogP contribution in [0, 0.1) is 5.92 Å². The van der Waals surface area contributed by atoms with E-state index < -0.39 is 10.2 Å². The number of rotatable bonds is 10. The summed E-state index contributed by atoms with van der Waals surface area (Å²) in [7, 11) is -0.219. The van der Waals surface area contributed by atoms with Crippen molar-refractivity contribution >= 4 is 21.8 Å². The van der Waals surface area contributed by atoms with Crippen molar-refractivity contribution in [1.82, 2.24) is 8.61 Å². The van der Waals surface area contributed by atoms with E-state index in [4.69, 9.17) is 16.3 Å². The van der Waals surface area contributed by atoms with Crippen LogP contribution >= 0.6 is 11.6 Å². The predicted molar refractivity (Wildman–Crippen MR) is 73.1 cm³/mol. The molecule has 0 aromatic heterocycles. The SMILES string of the molecule is CN(CCCCl)S(=O)(=O)N(C)CCOCC1CC1. The van der Waals surface area contributed by atoms with Crippen LogP contribution in [0.5, 0.6) is 0 Å². The molecule has 0 unspecified atom stereocenters. The second kappa shape index (κ2) is 7.65. The molecule has 0 aromatic carbocycles. The molecule has 5 nitrogen and oxygen atoms in total. The maximum atomic E-state index is 12.0. The average Bonchev–Trinajstić information content (AvgIpc) is 3.15. The van der Waals surface area contributed by atoms with Crippen molar-refractivity contribution in [2.45, 2.75) is 19.3 Å². The van der Waals surface area contributed by atoms with Crippen LogP contribution in [0.1, 0.15) is 19.3 Å². The minimum Gasteiger partial charge on any atom is -0.380 e. The number of hydrogen-bond acceptors (Lipinski definition) is 3. The number of nitrogens with zero attached hydrogens (tertiary/aromatic N) is 2. The standard InChI is InChI=1S/C11H23ClN2O3S/c1-13(7-3-6-12)18(15,16)14(2)8-9-17-10-11-4-5-11/h11H,3-10H2,1-2H3. The lowest BCUT2D eigenvalue weighted by Gasteiger charge is -2.24. The second-order valence-electron chi connectivity index (χ2n) is 4.71. The van der Waals surface area contributed by atoms with Crippen LogP contribution in [0.25, 0.3) is 0 Å². The van der Waals surface area contributed by atoms with Gasteiger partial charge in [0.15, 0.2) is 0 Å². The third-order valence-electron chi connectivity index (χ3n) is 3.00. The maximum Gasteiger partial charge on any atom is 0.281 e. The Labute approximate surface area is 115 Å². The topological polar surface area (TPSA) is 49.9 Å². The fourth-order valence-corrected chi connectivity index (χ4v) is 2.74. The molecule has 0 atom stereocenters. The number of alkyl halides is 1. The van der Waals surface area contributed by atoms with Crippen LogP contribution in [0.4, 0.5) is 0 Å². The number of ether oxygens (including phenoxy) is 1. The molecule has 18 heavy (non-hydrogen) atoms. The van der Waals surface area contributed by atoms with Crippen LogP contribution in [-0.4, -0.2) is 63.3 Å². The molecule has 0 amide bonds. The molecule has 0 N–H and O–H groups in total. The summed E-state index contributed by atoms with van der Waals surface area (Å²) in [5.74, 6) is 1.17. The van der Waals surface area contributed by atoms with Gasteiger partial charge < -0.3 is 4.74 Å². The van der Waals surface area contributed by atoms with Gasteiger partial charge in [0.25, 0.3) is 10.2 Å². The molecule has 0 saturated heterocycles. The van der Waals surface area contributed by atoms with Crippen LogP contribution in [0.3, 0.4) is 0 Å². The number of likely N-dealkylation sites (N-methyl/N-ethyl adjacent to an activating group) is 1. The van der Waals surface area contributed by atoms with E-state index in [1.165, 1.54) is 21.5 Å². The van der Waals surface area contributed by atoms with E-state index in [0.717, 1.165) is 6.61 Å². The zero-order valence-electron chi connectivity index (χ0n) is 11.1. The molecule has 1 saturated carbocycles. The summed E-state index contributed by atoms with van der Waals surface area (Å²) in [6, 6.07) is 0. The summed E-state index contributed by atoms with van der Waals surface area (Å²) in [6.07, 6.45) is 3.15. The molecule has 0 radical (unpaired) electrons. The van der Waals surface area contributed by atoms with E-state index in [1.807, 2.05) is 0 Å². The third-order valence-corrected chi connectivity index (χ3v) is 5.20. The molecule has 0 bridgehead atoms. The molecular weight excluding hydrogens is 276 g/mol. The first kappa shape index (κ1) is 16.2. The Morgan fingerprint density at radius 2 is 1.83 bits per heavy atom. The first-order valence-electron chi connectivity index (χ1n) is 6.29. The van der Waals surface area contributed by atoms with Gasteiger partial charge in [-0.15, -0.1) is 11.6 Å². The lowest BCUT2D eigenvalue weighted by molar-refractivity contribution is 0.116. The fraction of sp³-hybridized carbons (Fsp3) is 1.00. The van der Waals surface area contributed by atoms with E-state index in [9.17, 15) is 8.42 Å². The molecule has 1 aliphatic rings. The van der Waals surface area contributed by atoms with Gasteiger partial charge in [0.05, 0.1) is 6.61 Å². The monoisotopic (exact) mass is 298 g/mol. The van der Waals surface area contributed by atoms with Gasteiger partial charge in [-0.1, -0.05) is 0 Å². The van der Waals surface area contributed by atoms with Crippen LogP contribution in [-0.2, 0) is 14.9 Å². The first-order chi connectivity index (χ1) is 8.48. The summed E-state index contributed by atoms with van der Waals surface area (Å²) in [5, 5.41) is 0. The van der Waals surface area contributed by atoms with Gasteiger partial charge in [-0.3, -0.25) is 0 Å². The Morgan fingerprint density at radius 1 is 1.22 bits per heavy atom. The van der Waals surface area contributed by atoms with E-state index in [0.29, 0.717) is 37.9 Å². The predicted octanol–water partition coefficient (Wildman–Crippen LogP) is 1.15. The van der Waals surface area contributed by atoms with Gasteiger partial charge in [-0.25, -0.2) is 0 Å². The second-order valence-corrected chi connectivity index (χ2v) is 7.23. The number of halogens is 1. The Morgan fingerprint density at radius 3 is 2.39 bits per heavy atom. The van der Waals surface area contributed by atoms with Gasteiger partial charge in [-0.2, -0.15) is 17.0 Å². The minimum atomic E-state index is -3.37. The fourth-order valence-electron chi connectivity index (χ4n) is 1.48. The van der Waals surface area contributed by atoms with E-state index in [1.54, 1.807) is 14.1 Å². The van der Waals surface area contributed by atoms with Crippen molar-refractivity contribution in [2.75, 3.05) is 46.3 Å². The highest BCUT2D eigenvalue weighted by Gasteiger charge is 2.24. The van der Waals surface area contributed by atoms with E-state index in [2.05, 4.69) is 0 Å². The average molecular weight is 299 g/mol. The Bertz CT molecular complexity index is 333. The quantitative estimate of drug-likeness (QED) is 0.449. The van der Waals surface area contributed by atoms with Crippen molar-refractivity contribution < 1.29 is 13.2 Å². The van der Waals surface area contributed by atoms with Gasteiger partial charge in [0.2, 0.25) is 0 Å². The normalized spacial score (nSPS) is 16.7. The Kier molecular flexibility index (Phi) is 6.87. The molecule has 7 heteroatoms. The van der Waals surface area contributed by atoms with Crippen molar-refractivity contribution in [1.29, 1.82) is 0 Å². The molecule has 1 fully saturated rings. The van der Waals surface area contributed by atoms with Crippen molar-refractivity contribution in [3.63, 3.8) is 0 Å². The highest BCUT2D eigenvalue weighted by atomic mass is 35.5. The zero-order chi connectivity index (χ0) is 13.6. The summed E-state index contributed by atoms with van der Waals surface area (Å²) < 4.78 is 32.2. The zero-order valence-corrected chi connectivity index (χ0v) is 12.7. The van der Waals surface area contributed by atoms with Crippen LogP contribution in [0.15, 0.2) is 0 Å². The minimum absolute atomic E-state index is 0.389. The highest BCUT2D eigenvalue weighted by molar-refractivity contribution is 7.86. The molecule has 1 rings (SSSR count). The van der Waals surface area contributed by atoms with Crippen LogP contribution in [0.2, 0.25) is 0 Å². The van der Waals surface area contributed by atoms with Crippen LogP contribution < -0.4 is 0 Å². The maximum absolute atomic E-state index is 12.0. The number of hydrogen-bond donors (Lipinski definition) is 0. The van der Waals surface area contributed by atoms with Crippen molar-refractivity contribution in [2.24, 2.45) is 5.92 Å². The Balaban J connectivity index is 2.25. The molecule has 0 aliphatic heterocycles. The summed E-state index contributed by atoms with van der Waals surface area (Å²) >= 11 is 5.56. The molecular formula is C11H23ClN2O3S. The summed E-state index contributed by atoms with van der Waals surface area (Å²) in [6.45, 7) is 2.05. The molecule has 0 spiro atoms. The molecule has 108 valence electrons. The van der Waals surface area contributed by atoms with E-state index >= 15 is 0 Å². The van der Waals surface area contributed by atoms with E-state index in [-0.39, 0.29) is 0 Å². The smallest absolute Gasteiger partial charge is 0.281 e. The highest BCUT2D eigenvalue weighted by Crippen LogP contribution is 2.28. The van der Waals surface area contributed by atoms with Gasteiger partial charge in [0, 0.05) is 39.7 Å². The molecule has 0 aromatic rings. The lowest BCUT2D eigenvalue weighted by atomic mass is 10.5. The molecule has 0 heterocycles. The largest absolute Gasteiger partial charge is 0.380 e. The first-order valence-corrected chi connectivity index (χ1v) is 8.23. The Hall–Kier alpha value is 0.120. The van der Waals surface area contributed by atoms with Gasteiger partial charge >= 0.3 is 0 Å². The summed E-state index contributed by atoms with van der Waals surface area (Å²) in [5.41, 5.74) is 0. The van der Waals surface area contributed by atoms with Gasteiger partial charge in [-0.05, 0) is 25.2 Å². The van der Waals surface area contributed by atoms with Crippen molar-refractivity contribution in [3.05, 3.63) is 0 Å².